The van der Waals surface area contributed by atoms with Crippen LogP contribution in [-0.2, 0) is 13.1 Å². The summed E-state index contributed by atoms with van der Waals surface area (Å²) in [5, 5.41) is 8.29. The SMILES string of the molecule is CCNC(=NCc1cc(OC)ccc1OC(F)F)NCc1cn2ccsc2n1.I. The molecule has 7 nitrogen and oxygen atoms in total. The normalized spacial score (nSPS) is 11.4. The number of benzene rings is 1. The molecule has 0 aliphatic carbocycles. The lowest BCUT2D eigenvalue weighted by molar-refractivity contribution is -0.0504. The Balaban J connectivity index is 0.00000300. The van der Waals surface area contributed by atoms with Crippen LogP contribution in [0.4, 0.5) is 8.78 Å². The van der Waals surface area contributed by atoms with Gasteiger partial charge in [0.1, 0.15) is 11.5 Å². The van der Waals surface area contributed by atoms with Gasteiger partial charge >= 0.3 is 6.61 Å². The molecule has 158 valence electrons. The first-order chi connectivity index (χ1) is 13.6. The third-order valence-electron chi connectivity index (χ3n) is 3.82. The molecule has 0 amide bonds. The molecule has 2 N–H and O–H groups in total. The van der Waals surface area contributed by atoms with Crippen molar-refractivity contribution >= 4 is 46.2 Å². The number of alkyl halides is 2. The number of imidazole rings is 1. The van der Waals surface area contributed by atoms with Gasteiger partial charge in [0.15, 0.2) is 10.9 Å². The topological polar surface area (TPSA) is 72.2 Å². The molecule has 0 saturated carbocycles. The van der Waals surface area contributed by atoms with Crippen molar-refractivity contribution in [3.8, 4) is 11.5 Å². The van der Waals surface area contributed by atoms with Gasteiger partial charge in [-0.1, -0.05) is 0 Å². The highest BCUT2D eigenvalue weighted by Gasteiger charge is 2.11. The number of thiazole rings is 1. The Labute approximate surface area is 188 Å². The Morgan fingerprint density at radius 1 is 1.34 bits per heavy atom. The van der Waals surface area contributed by atoms with Crippen molar-refractivity contribution in [2.45, 2.75) is 26.6 Å². The number of hydrogen-bond acceptors (Lipinski definition) is 5. The number of nitrogens with zero attached hydrogens (tertiary/aromatic N) is 3. The van der Waals surface area contributed by atoms with E-state index in [9.17, 15) is 8.78 Å². The molecule has 3 rings (SSSR count). The van der Waals surface area contributed by atoms with E-state index in [4.69, 9.17) is 4.74 Å². The quantitative estimate of drug-likeness (QED) is 0.259. The first-order valence-corrected chi connectivity index (χ1v) is 9.52. The van der Waals surface area contributed by atoms with Crippen molar-refractivity contribution < 1.29 is 18.3 Å². The fraction of sp³-hybridized carbons (Fsp3) is 0.333. The van der Waals surface area contributed by atoms with E-state index in [0.29, 0.717) is 30.4 Å². The Morgan fingerprint density at radius 2 is 2.17 bits per heavy atom. The maximum atomic E-state index is 12.7. The summed E-state index contributed by atoms with van der Waals surface area (Å²) in [5.74, 6) is 1.16. The van der Waals surface area contributed by atoms with Crippen molar-refractivity contribution in [3.63, 3.8) is 0 Å². The zero-order valence-corrected chi connectivity index (χ0v) is 19.0. The average Bonchev–Trinajstić information content (AvgIpc) is 3.26. The van der Waals surface area contributed by atoms with Gasteiger partial charge in [0.25, 0.3) is 0 Å². The monoisotopic (exact) mass is 537 g/mol. The summed E-state index contributed by atoms with van der Waals surface area (Å²) in [6.07, 6.45) is 3.89. The van der Waals surface area contributed by atoms with E-state index in [1.54, 1.807) is 23.5 Å². The van der Waals surface area contributed by atoms with Gasteiger partial charge in [0.05, 0.1) is 25.9 Å². The zero-order valence-electron chi connectivity index (χ0n) is 15.9. The molecule has 0 saturated heterocycles. The van der Waals surface area contributed by atoms with Crippen molar-refractivity contribution in [2.24, 2.45) is 4.99 Å². The Kier molecular flexibility index (Phi) is 8.89. The molecule has 11 heteroatoms. The van der Waals surface area contributed by atoms with Crippen LogP contribution in [0.3, 0.4) is 0 Å². The summed E-state index contributed by atoms with van der Waals surface area (Å²) < 4.78 is 37.0. The molecule has 0 atom stereocenters. The molecule has 0 fully saturated rings. The minimum Gasteiger partial charge on any atom is -0.497 e. The lowest BCUT2D eigenvalue weighted by atomic mass is 10.2. The highest BCUT2D eigenvalue weighted by atomic mass is 127. The smallest absolute Gasteiger partial charge is 0.387 e. The molecule has 0 spiro atoms. The number of rotatable bonds is 8. The number of nitrogens with one attached hydrogen (secondary N) is 2. The second-order valence-corrected chi connectivity index (χ2v) is 6.60. The van der Waals surface area contributed by atoms with E-state index in [-0.39, 0.29) is 36.3 Å². The predicted octanol–water partition coefficient (Wildman–Crippen LogP) is 3.88. The Hall–Kier alpha value is -2.15. The molecule has 0 aliphatic rings. The molecule has 0 bridgehead atoms. The van der Waals surface area contributed by atoms with Crippen molar-refractivity contribution in [1.82, 2.24) is 20.0 Å². The highest BCUT2D eigenvalue weighted by molar-refractivity contribution is 14.0. The number of guanidine groups is 1. The third-order valence-corrected chi connectivity index (χ3v) is 4.59. The molecule has 2 heterocycles. The Bertz CT molecular complexity index is 919. The maximum Gasteiger partial charge on any atom is 0.387 e. The van der Waals surface area contributed by atoms with E-state index in [1.807, 2.05) is 29.1 Å². The third kappa shape index (κ3) is 6.42. The van der Waals surface area contributed by atoms with Crippen molar-refractivity contribution in [3.05, 3.63) is 47.2 Å². The second kappa shape index (κ2) is 11.1. The summed E-state index contributed by atoms with van der Waals surface area (Å²) in [5.41, 5.74) is 1.37. The van der Waals surface area contributed by atoms with E-state index >= 15 is 0 Å². The van der Waals surface area contributed by atoms with Gasteiger partial charge in [-0.2, -0.15) is 8.78 Å². The lowest BCUT2D eigenvalue weighted by Gasteiger charge is -2.13. The summed E-state index contributed by atoms with van der Waals surface area (Å²) >= 11 is 1.56. The molecule has 0 radical (unpaired) electrons. The second-order valence-electron chi connectivity index (χ2n) is 5.73. The van der Waals surface area contributed by atoms with Crippen molar-refractivity contribution in [1.29, 1.82) is 0 Å². The molecular formula is C18H22F2IN5O2S. The summed E-state index contributed by atoms with van der Waals surface area (Å²) in [6, 6.07) is 4.65. The number of fused-ring (bicyclic) bond motifs is 1. The van der Waals surface area contributed by atoms with Crippen LogP contribution in [-0.4, -0.2) is 35.6 Å². The van der Waals surface area contributed by atoms with Gasteiger partial charge in [-0.15, -0.1) is 35.3 Å². The number of methoxy groups -OCH3 is 1. The number of aliphatic imine (C=N–C) groups is 1. The molecular weight excluding hydrogens is 515 g/mol. The zero-order chi connectivity index (χ0) is 19.9. The number of aromatic nitrogens is 2. The van der Waals surface area contributed by atoms with Gasteiger partial charge < -0.3 is 20.1 Å². The maximum absolute atomic E-state index is 12.7. The van der Waals surface area contributed by atoms with E-state index in [0.717, 1.165) is 10.7 Å². The van der Waals surface area contributed by atoms with Crippen LogP contribution in [0.2, 0.25) is 0 Å². The van der Waals surface area contributed by atoms with E-state index in [1.165, 1.54) is 13.2 Å². The Morgan fingerprint density at radius 3 is 2.86 bits per heavy atom. The van der Waals surface area contributed by atoms with Crippen LogP contribution in [0.15, 0.2) is 41.0 Å². The van der Waals surface area contributed by atoms with Crippen LogP contribution in [0, 0.1) is 0 Å². The van der Waals surface area contributed by atoms with E-state index in [2.05, 4.69) is 25.3 Å². The summed E-state index contributed by atoms with van der Waals surface area (Å²) in [7, 11) is 1.51. The molecule has 1 aromatic carbocycles. The summed E-state index contributed by atoms with van der Waals surface area (Å²) in [4.78, 5) is 9.89. The number of halogens is 3. The molecule has 3 aromatic rings. The van der Waals surface area contributed by atoms with Gasteiger partial charge in [0.2, 0.25) is 0 Å². The first-order valence-electron chi connectivity index (χ1n) is 8.64. The minimum atomic E-state index is -2.91. The van der Waals surface area contributed by atoms with Gasteiger partial charge in [-0.05, 0) is 25.1 Å². The number of hydrogen-bond donors (Lipinski definition) is 2. The average molecular weight is 537 g/mol. The molecule has 0 unspecified atom stereocenters. The first kappa shape index (κ1) is 23.1. The standard InChI is InChI=1S/C18H21F2N5O2S.HI/c1-3-21-17(23-10-13-11-25-6-7-28-18(25)24-13)22-9-12-8-14(26-2)4-5-15(12)27-16(19)20;/h4-8,11,16H,3,9-10H2,1-2H3,(H2,21,22,23);1H. The minimum absolute atomic E-state index is 0. The molecule has 29 heavy (non-hydrogen) atoms. The van der Waals surface area contributed by atoms with Crippen LogP contribution < -0.4 is 20.1 Å². The van der Waals surface area contributed by atoms with Crippen LogP contribution in [0.5, 0.6) is 11.5 Å². The van der Waals surface area contributed by atoms with Gasteiger partial charge in [-0.3, -0.25) is 4.40 Å². The van der Waals surface area contributed by atoms with Crippen molar-refractivity contribution in [2.75, 3.05) is 13.7 Å². The molecule has 2 aromatic heterocycles. The highest BCUT2D eigenvalue weighted by Crippen LogP contribution is 2.26. The van der Waals surface area contributed by atoms with Gasteiger partial charge in [0, 0.05) is 29.9 Å². The number of ether oxygens (including phenoxy) is 2. The van der Waals surface area contributed by atoms with Gasteiger partial charge in [-0.25, -0.2) is 9.98 Å². The fourth-order valence-electron chi connectivity index (χ4n) is 2.56. The fourth-order valence-corrected chi connectivity index (χ4v) is 3.28. The van der Waals surface area contributed by atoms with E-state index < -0.39 is 6.61 Å². The van der Waals surface area contributed by atoms with Crippen LogP contribution >= 0.6 is 35.3 Å². The molecule has 0 aliphatic heterocycles. The van der Waals surface area contributed by atoms with Crippen LogP contribution in [0.1, 0.15) is 18.2 Å². The summed E-state index contributed by atoms with van der Waals surface area (Å²) in [6.45, 7) is 0.326. The lowest BCUT2D eigenvalue weighted by Crippen LogP contribution is -2.36. The largest absolute Gasteiger partial charge is 0.497 e. The van der Waals surface area contributed by atoms with Crippen LogP contribution in [0.25, 0.3) is 4.96 Å². The predicted molar refractivity (Wildman–Crippen MR) is 120 cm³/mol.